The molecule has 0 aliphatic rings. The maximum absolute atomic E-state index is 10.9. The van der Waals surface area contributed by atoms with Gasteiger partial charge in [-0.3, -0.25) is 10.1 Å². The van der Waals surface area contributed by atoms with Crippen LogP contribution in [0.15, 0.2) is 48.7 Å². The van der Waals surface area contributed by atoms with Gasteiger partial charge >= 0.3 is 0 Å². The van der Waals surface area contributed by atoms with Gasteiger partial charge in [-0.05, 0) is 23.8 Å². The fourth-order valence-corrected chi connectivity index (χ4v) is 2.75. The van der Waals surface area contributed by atoms with Gasteiger partial charge in [0.2, 0.25) is 0 Å². The lowest BCUT2D eigenvalue weighted by atomic mass is 10.1. The van der Waals surface area contributed by atoms with Crippen molar-refractivity contribution in [2.24, 2.45) is 0 Å². The highest BCUT2D eigenvalue weighted by molar-refractivity contribution is 7.98. The van der Waals surface area contributed by atoms with Crippen molar-refractivity contribution in [3.8, 4) is 0 Å². The first-order valence-corrected chi connectivity index (χ1v) is 8.63. The van der Waals surface area contributed by atoms with Crippen molar-refractivity contribution in [1.29, 1.82) is 0 Å². The van der Waals surface area contributed by atoms with Gasteiger partial charge in [0, 0.05) is 30.3 Å². The van der Waals surface area contributed by atoms with Crippen LogP contribution in [0.4, 0.5) is 11.5 Å². The zero-order valence-corrected chi connectivity index (χ0v) is 13.9. The van der Waals surface area contributed by atoms with Gasteiger partial charge in [0.1, 0.15) is 5.82 Å². The number of nitrogens with one attached hydrogen (secondary N) is 1. The van der Waals surface area contributed by atoms with E-state index in [-0.39, 0.29) is 17.2 Å². The van der Waals surface area contributed by atoms with Crippen molar-refractivity contribution < 1.29 is 10.0 Å². The molecule has 24 heavy (non-hydrogen) atoms. The molecule has 7 heteroatoms. The summed E-state index contributed by atoms with van der Waals surface area (Å²) in [6.07, 6.45) is 5.30. The van der Waals surface area contributed by atoms with E-state index in [1.54, 1.807) is 42.2 Å². The molecule has 1 aromatic heterocycles. The number of rotatable bonds is 9. The van der Waals surface area contributed by atoms with Gasteiger partial charge in [0.15, 0.2) is 0 Å². The third kappa shape index (κ3) is 5.68. The highest BCUT2D eigenvalue weighted by Crippen LogP contribution is 2.19. The molecule has 1 heterocycles. The first-order valence-electron chi connectivity index (χ1n) is 7.48. The van der Waals surface area contributed by atoms with Gasteiger partial charge < -0.3 is 10.4 Å². The number of aromatic nitrogens is 1. The second kappa shape index (κ2) is 9.69. The lowest BCUT2D eigenvalue weighted by Crippen LogP contribution is -2.01. The van der Waals surface area contributed by atoms with Gasteiger partial charge in [0.05, 0.1) is 17.1 Å². The number of aliphatic hydroxyl groups excluding tert-OH is 1. The summed E-state index contributed by atoms with van der Waals surface area (Å²) in [7, 11) is 0. The van der Waals surface area contributed by atoms with E-state index < -0.39 is 0 Å². The van der Waals surface area contributed by atoms with E-state index in [9.17, 15) is 10.1 Å². The number of anilines is 1. The summed E-state index contributed by atoms with van der Waals surface area (Å²) in [4.78, 5) is 14.8. The van der Waals surface area contributed by atoms with Crippen molar-refractivity contribution >= 4 is 29.3 Å². The number of nitro groups is 1. The van der Waals surface area contributed by atoms with Crippen molar-refractivity contribution in [2.75, 3.05) is 24.2 Å². The zero-order valence-electron chi connectivity index (χ0n) is 13.1. The number of thioether (sulfide) groups is 1. The predicted octanol–water partition coefficient (Wildman–Crippen LogP) is 3.34. The van der Waals surface area contributed by atoms with Crippen molar-refractivity contribution in [3.63, 3.8) is 0 Å². The highest BCUT2D eigenvalue weighted by atomic mass is 32.2. The number of nitro benzene ring substituents is 1. The SMILES string of the molecule is O=[N+]([O-])c1ccccc1/C=C/CNc1cc(CSCCO)ccn1. The molecule has 0 atom stereocenters. The van der Waals surface area contributed by atoms with E-state index in [1.807, 2.05) is 18.2 Å². The van der Waals surface area contributed by atoms with E-state index in [4.69, 9.17) is 5.11 Å². The molecule has 2 rings (SSSR count). The van der Waals surface area contributed by atoms with E-state index in [0.717, 1.165) is 17.1 Å². The molecule has 0 saturated carbocycles. The Labute approximate surface area is 144 Å². The summed E-state index contributed by atoms with van der Waals surface area (Å²) >= 11 is 1.66. The van der Waals surface area contributed by atoms with Crippen LogP contribution in [0, 0.1) is 10.1 Å². The number of pyridine rings is 1. The molecule has 0 aliphatic heterocycles. The quantitative estimate of drug-likeness (QED) is 0.412. The summed E-state index contributed by atoms with van der Waals surface area (Å²) < 4.78 is 0. The number of hydrogen-bond donors (Lipinski definition) is 2. The average Bonchev–Trinajstić information content (AvgIpc) is 2.59. The minimum absolute atomic E-state index is 0.0924. The Balaban J connectivity index is 1.90. The molecular formula is C17H19N3O3S. The lowest BCUT2D eigenvalue weighted by Gasteiger charge is -2.05. The second-order valence-corrected chi connectivity index (χ2v) is 6.03. The normalized spacial score (nSPS) is 10.9. The van der Waals surface area contributed by atoms with Gasteiger partial charge in [0.25, 0.3) is 5.69 Å². The first kappa shape index (κ1) is 18.0. The third-order valence-corrected chi connectivity index (χ3v) is 4.17. The average molecular weight is 345 g/mol. The Morgan fingerprint density at radius 3 is 2.96 bits per heavy atom. The Morgan fingerprint density at radius 1 is 1.33 bits per heavy atom. The standard InChI is InChI=1S/C17H19N3O3S/c21-10-11-24-13-14-7-9-19-17(12-14)18-8-3-5-15-4-1-2-6-16(15)20(22)23/h1-7,9,12,21H,8,10-11,13H2,(H,18,19)/b5-3+. The van der Waals surface area contributed by atoms with Crippen LogP contribution in [0.2, 0.25) is 0 Å². The molecule has 0 aliphatic carbocycles. The molecule has 126 valence electrons. The smallest absolute Gasteiger partial charge is 0.276 e. The van der Waals surface area contributed by atoms with Gasteiger partial charge in [-0.15, -0.1) is 0 Å². The van der Waals surface area contributed by atoms with E-state index in [1.165, 1.54) is 6.07 Å². The van der Waals surface area contributed by atoms with Crippen LogP contribution < -0.4 is 5.32 Å². The Bertz CT molecular complexity index is 707. The third-order valence-electron chi connectivity index (χ3n) is 3.16. The van der Waals surface area contributed by atoms with Crippen LogP contribution in [0.25, 0.3) is 6.08 Å². The molecule has 0 saturated heterocycles. The first-order chi connectivity index (χ1) is 11.7. The summed E-state index contributed by atoms with van der Waals surface area (Å²) in [5, 5.41) is 22.9. The number of para-hydroxylation sites is 1. The monoisotopic (exact) mass is 345 g/mol. The summed E-state index contributed by atoms with van der Waals surface area (Å²) in [5.41, 5.74) is 1.80. The van der Waals surface area contributed by atoms with Crippen LogP contribution in [0.3, 0.4) is 0 Å². The lowest BCUT2D eigenvalue weighted by molar-refractivity contribution is -0.385. The molecule has 0 spiro atoms. The second-order valence-electron chi connectivity index (χ2n) is 4.92. The fourth-order valence-electron chi connectivity index (χ4n) is 2.06. The van der Waals surface area contributed by atoms with E-state index >= 15 is 0 Å². The van der Waals surface area contributed by atoms with E-state index in [2.05, 4.69) is 10.3 Å². The maximum atomic E-state index is 10.9. The van der Waals surface area contributed by atoms with Gasteiger partial charge in [-0.25, -0.2) is 4.98 Å². The van der Waals surface area contributed by atoms with Crippen LogP contribution in [0.5, 0.6) is 0 Å². The maximum Gasteiger partial charge on any atom is 0.276 e. The molecule has 0 unspecified atom stereocenters. The van der Waals surface area contributed by atoms with Crippen LogP contribution in [0.1, 0.15) is 11.1 Å². The summed E-state index contributed by atoms with van der Waals surface area (Å²) in [6.45, 7) is 0.698. The van der Waals surface area contributed by atoms with Crippen molar-refractivity contribution in [3.05, 3.63) is 69.9 Å². The Kier molecular flexibility index (Phi) is 7.25. The van der Waals surface area contributed by atoms with Crippen molar-refractivity contribution in [2.45, 2.75) is 5.75 Å². The Hall–Kier alpha value is -2.38. The number of aliphatic hydroxyl groups is 1. The molecule has 1 aromatic carbocycles. The van der Waals surface area contributed by atoms with Gasteiger partial charge in [-0.2, -0.15) is 11.8 Å². The molecule has 2 N–H and O–H groups in total. The molecular weight excluding hydrogens is 326 g/mol. The summed E-state index contributed by atoms with van der Waals surface area (Å²) in [5.74, 6) is 2.29. The fraction of sp³-hybridized carbons (Fsp3) is 0.235. The molecule has 0 amide bonds. The molecule has 6 nitrogen and oxygen atoms in total. The van der Waals surface area contributed by atoms with Crippen LogP contribution in [-0.4, -0.2) is 33.9 Å². The minimum atomic E-state index is -0.387. The molecule has 0 bridgehead atoms. The largest absolute Gasteiger partial charge is 0.396 e. The zero-order chi connectivity index (χ0) is 17.2. The topological polar surface area (TPSA) is 88.3 Å². The molecule has 0 fully saturated rings. The number of hydrogen-bond acceptors (Lipinski definition) is 6. The van der Waals surface area contributed by atoms with E-state index in [0.29, 0.717) is 17.9 Å². The predicted molar refractivity (Wildman–Crippen MR) is 98.1 cm³/mol. The summed E-state index contributed by atoms with van der Waals surface area (Å²) in [6, 6.07) is 10.5. The Morgan fingerprint density at radius 2 is 2.17 bits per heavy atom. The van der Waals surface area contributed by atoms with Gasteiger partial charge in [-0.1, -0.05) is 24.3 Å². The van der Waals surface area contributed by atoms with Crippen LogP contribution >= 0.6 is 11.8 Å². The highest BCUT2D eigenvalue weighted by Gasteiger charge is 2.08. The molecule has 0 radical (unpaired) electrons. The van der Waals surface area contributed by atoms with Crippen LogP contribution in [-0.2, 0) is 5.75 Å². The van der Waals surface area contributed by atoms with Crippen molar-refractivity contribution in [1.82, 2.24) is 4.98 Å². The number of nitrogens with zero attached hydrogens (tertiary/aromatic N) is 2. The minimum Gasteiger partial charge on any atom is -0.396 e. The molecule has 2 aromatic rings. The number of benzene rings is 1.